The Bertz CT molecular complexity index is 230. The maximum Gasteiger partial charge on any atom is 0.129 e. The standard InChI is InChI=1S/C12H22N2O/c1-13(2)11-9-7-6-8-10-12(15-5)14(3)4/h6-12H,1-5H3/b7-6+,10-8+,11-9+. The van der Waals surface area contributed by atoms with E-state index in [1.165, 1.54) is 0 Å². The Hall–Kier alpha value is -1.06. The number of ether oxygens (including phenoxy) is 1. The van der Waals surface area contributed by atoms with E-state index in [1.54, 1.807) is 7.11 Å². The summed E-state index contributed by atoms with van der Waals surface area (Å²) in [5.74, 6) is 0. The number of allylic oxidation sites excluding steroid dienone is 4. The fourth-order valence-electron chi connectivity index (χ4n) is 0.971. The number of likely N-dealkylation sites (N-methyl/N-ethyl adjacent to an activating group) is 1. The molecule has 0 saturated heterocycles. The van der Waals surface area contributed by atoms with Crippen molar-refractivity contribution in [2.45, 2.75) is 6.23 Å². The zero-order valence-electron chi connectivity index (χ0n) is 10.3. The molecule has 0 amide bonds. The molecule has 1 unspecified atom stereocenters. The molecule has 0 spiro atoms. The van der Waals surface area contributed by atoms with E-state index in [-0.39, 0.29) is 6.23 Å². The first-order chi connectivity index (χ1) is 7.07. The molecule has 15 heavy (non-hydrogen) atoms. The van der Waals surface area contributed by atoms with Gasteiger partial charge < -0.3 is 9.64 Å². The van der Waals surface area contributed by atoms with E-state index in [9.17, 15) is 0 Å². The third-order valence-corrected chi connectivity index (χ3v) is 1.74. The summed E-state index contributed by atoms with van der Waals surface area (Å²) in [6.45, 7) is 0. The van der Waals surface area contributed by atoms with Crippen molar-refractivity contribution in [1.29, 1.82) is 0 Å². The van der Waals surface area contributed by atoms with Gasteiger partial charge in [0.25, 0.3) is 0 Å². The highest BCUT2D eigenvalue weighted by Gasteiger charge is 2.02. The van der Waals surface area contributed by atoms with Crippen LogP contribution in [-0.4, -0.2) is 51.3 Å². The SMILES string of the molecule is COC(/C=C/C=C/C=C/N(C)C)N(C)C. The van der Waals surface area contributed by atoms with Crippen LogP contribution in [0.4, 0.5) is 0 Å². The van der Waals surface area contributed by atoms with Crippen molar-refractivity contribution in [1.82, 2.24) is 9.80 Å². The molecule has 0 N–H and O–H groups in total. The lowest BCUT2D eigenvalue weighted by molar-refractivity contribution is 0.0342. The summed E-state index contributed by atoms with van der Waals surface area (Å²) in [6, 6.07) is 0. The van der Waals surface area contributed by atoms with E-state index < -0.39 is 0 Å². The number of rotatable bonds is 6. The van der Waals surface area contributed by atoms with Crippen LogP contribution in [0.5, 0.6) is 0 Å². The predicted octanol–water partition coefficient (Wildman–Crippen LogP) is 1.71. The van der Waals surface area contributed by atoms with Crippen molar-refractivity contribution in [3.8, 4) is 0 Å². The van der Waals surface area contributed by atoms with Gasteiger partial charge >= 0.3 is 0 Å². The molecule has 3 nitrogen and oxygen atoms in total. The van der Waals surface area contributed by atoms with Gasteiger partial charge in [-0.05, 0) is 32.4 Å². The predicted molar refractivity (Wildman–Crippen MR) is 65.6 cm³/mol. The summed E-state index contributed by atoms with van der Waals surface area (Å²) in [7, 11) is 9.65. The average Bonchev–Trinajstić information content (AvgIpc) is 2.15. The summed E-state index contributed by atoms with van der Waals surface area (Å²) < 4.78 is 5.24. The normalized spacial score (nSPS) is 14.8. The van der Waals surface area contributed by atoms with Crippen LogP contribution in [0.15, 0.2) is 36.6 Å². The van der Waals surface area contributed by atoms with Crippen molar-refractivity contribution in [2.24, 2.45) is 0 Å². The fraction of sp³-hybridized carbons (Fsp3) is 0.500. The lowest BCUT2D eigenvalue weighted by atomic mass is 10.4. The van der Waals surface area contributed by atoms with Crippen LogP contribution in [0.2, 0.25) is 0 Å². The van der Waals surface area contributed by atoms with Crippen molar-refractivity contribution in [2.75, 3.05) is 35.3 Å². The van der Waals surface area contributed by atoms with Gasteiger partial charge in [-0.15, -0.1) is 0 Å². The number of hydrogen-bond donors (Lipinski definition) is 0. The molecule has 0 aliphatic carbocycles. The molecule has 0 aliphatic heterocycles. The number of hydrogen-bond acceptors (Lipinski definition) is 3. The van der Waals surface area contributed by atoms with E-state index >= 15 is 0 Å². The Morgan fingerprint density at radius 3 is 2.00 bits per heavy atom. The van der Waals surface area contributed by atoms with Gasteiger partial charge in [0.1, 0.15) is 6.23 Å². The van der Waals surface area contributed by atoms with Crippen molar-refractivity contribution >= 4 is 0 Å². The molecule has 0 aromatic carbocycles. The van der Waals surface area contributed by atoms with Gasteiger partial charge in [0.05, 0.1) is 0 Å². The molecule has 0 saturated carbocycles. The highest BCUT2D eigenvalue weighted by Crippen LogP contribution is 1.96. The largest absolute Gasteiger partial charge is 0.383 e. The van der Waals surface area contributed by atoms with Crippen molar-refractivity contribution < 1.29 is 4.74 Å². The first-order valence-electron chi connectivity index (χ1n) is 4.95. The van der Waals surface area contributed by atoms with Crippen LogP contribution in [-0.2, 0) is 4.74 Å². The quantitative estimate of drug-likeness (QED) is 0.490. The van der Waals surface area contributed by atoms with Gasteiger partial charge in [0.2, 0.25) is 0 Å². The van der Waals surface area contributed by atoms with E-state index in [0.29, 0.717) is 0 Å². The van der Waals surface area contributed by atoms with Gasteiger partial charge in [-0.2, -0.15) is 0 Å². The first-order valence-corrected chi connectivity index (χ1v) is 4.95. The van der Waals surface area contributed by atoms with Crippen molar-refractivity contribution in [3.05, 3.63) is 36.6 Å². The van der Waals surface area contributed by atoms with E-state index in [1.807, 2.05) is 74.6 Å². The van der Waals surface area contributed by atoms with Crippen LogP contribution in [0.3, 0.4) is 0 Å². The van der Waals surface area contributed by atoms with Gasteiger partial charge in [-0.1, -0.05) is 18.2 Å². The highest BCUT2D eigenvalue weighted by atomic mass is 16.5. The first kappa shape index (κ1) is 13.9. The van der Waals surface area contributed by atoms with Crippen LogP contribution >= 0.6 is 0 Å². The van der Waals surface area contributed by atoms with E-state index in [0.717, 1.165) is 0 Å². The van der Waals surface area contributed by atoms with Gasteiger partial charge in [-0.3, -0.25) is 4.90 Å². The Morgan fingerprint density at radius 1 is 0.933 bits per heavy atom. The summed E-state index contributed by atoms with van der Waals surface area (Å²) in [5, 5.41) is 0. The van der Waals surface area contributed by atoms with Gasteiger partial charge in [0, 0.05) is 21.2 Å². The molecular formula is C12H22N2O. The molecule has 86 valence electrons. The number of nitrogens with zero attached hydrogens (tertiary/aromatic N) is 2. The van der Waals surface area contributed by atoms with Crippen molar-refractivity contribution in [3.63, 3.8) is 0 Å². The minimum atomic E-state index is 0.0347. The Balaban J connectivity index is 3.96. The third-order valence-electron chi connectivity index (χ3n) is 1.74. The average molecular weight is 210 g/mol. The Morgan fingerprint density at radius 2 is 1.53 bits per heavy atom. The third kappa shape index (κ3) is 7.97. The molecule has 3 heteroatoms. The molecule has 0 aromatic heterocycles. The summed E-state index contributed by atoms with van der Waals surface area (Å²) in [5.41, 5.74) is 0. The summed E-state index contributed by atoms with van der Waals surface area (Å²) >= 11 is 0. The zero-order chi connectivity index (χ0) is 11.7. The second-order valence-corrected chi connectivity index (χ2v) is 3.66. The minimum absolute atomic E-state index is 0.0347. The van der Waals surface area contributed by atoms with Gasteiger partial charge in [0.15, 0.2) is 0 Å². The smallest absolute Gasteiger partial charge is 0.129 e. The fourth-order valence-corrected chi connectivity index (χ4v) is 0.971. The Labute approximate surface area is 93.3 Å². The van der Waals surface area contributed by atoms with Crippen LogP contribution < -0.4 is 0 Å². The second kappa shape index (κ2) is 8.26. The molecule has 0 radical (unpaired) electrons. The molecule has 0 fully saturated rings. The lowest BCUT2D eigenvalue weighted by Gasteiger charge is -2.18. The maximum absolute atomic E-state index is 5.24. The molecule has 1 atom stereocenters. The number of methoxy groups -OCH3 is 1. The van der Waals surface area contributed by atoms with Crippen LogP contribution in [0.1, 0.15) is 0 Å². The Kier molecular flexibility index (Phi) is 7.68. The minimum Gasteiger partial charge on any atom is -0.383 e. The molecule has 0 heterocycles. The topological polar surface area (TPSA) is 15.7 Å². The maximum atomic E-state index is 5.24. The molecule has 0 aliphatic rings. The zero-order valence-corrected chi connectivity index (χ0v) is 10.3. The molecule has 0 aromatic rings. The molecule has 0 bridgehead atoms. The van der Waals surface area contributed by atoms with E-state index in [4.69, 9.17) is 4.74 Å². The summed E-state index contributed by atoms with van der Waals surface area (Å²) in [6.07, 6.45) is 12.0. The van der Waals surface area contributed by atoms with Crippen LogP contribution in [0.25, 0.3) is 0 Å². The van der Waals surface area contributed by atoms with Gasteiger partial charge in [-0.25, -0.2) is 0 Å². The van der Waals surface area contributed by atoms with Crippen LogP contribution in [0, 0.1) is 0 Å². The van der Waals surface area contributed by atoms with E-state index in [2.05, 4.69) is 0 Å². The highest BCUT2D eigenvalue weighted by molar-refractivity contribution is 5.11. The monoisotopic (exact) mass is 210 g/mol. The molecule has 0 rings (SSSR count). The summed E-state index contributed by atoms with van der Waals surface area (Å²) in [4.78, 5) is 3.99. The lowest BCUT2D eigenvalue weighted by Crippen LogP contribution is -2.27. The molecular weight excluding hydrogens is 188 g/mol. The second-order valence-electron chi connectivity index (χ2n) is 3.66.